The molecule has 1 saturated heterocycles. The Balaban J connectivity index is 1.95. The molecule has 6 nitrogen and oxygen atoms in total. The molecule has 3 atom stereocenters. The number of aryl methyl sites for hydroxylation is 1. The number of hydrogen-bond donors (Lipinski definition) is 2. The van der Waals surface area contributed by atoms with Gasteiger partial charge in [-0.05, 0) is 37.8 Å². The van der Waals surface area contributed by atoms with Crippen LogP contribution in [-0.2, 0) is 19.1 Å². The van der Waals surface area contributed by atoms with Crippen LogP contribution in [0.5, 0.6) is 0 Å². The minimum atomic E-state index is -0.962. The first-order chi connectivity index (χ1) is 11.5. The molecule has 1 aromatic rings. The number of benzene rings is 1. The summed E-state index contributed by atoms with van der Waals surface area (Å²) in [5, 5.41) is 11.9. The van der Waals surface area contributed by atoms with Crippen LogP contribution in [0.1, 0.15) is 43.4 Å². The van der Waals surface area contributed by atoms with Crippen molar-refractivity contribution in [2.45, 2.75) is 51.4 Å². The van der Waals surface area contributed by atoms with Crippen molar-refractivity contribution in [1.82, 2.24) is 5.32 Å². The van der Waals surface area contributed by atoms with Gasteiger partial charge >= 0.3 is 5.97 Å². The molecule has 0 bridgehead atoms. The molecule has 0 aromatic heterocycles. The van der Waals surface area contributed by atoms with Crippen LogP contribution in [-0.4, -0.2) is 42.4 Å². The van der Waals surface area contributed by atoms with Crippen LogP contribution < -0.4 is 5.32 Å². The highest BCUT2D eigenvalue weighted by Gasteiger charge is 2.24. The van der Waals surface area contributed by atoms with Gasteiger partial charge in [0.2, 0.25) is 5.91 Å². The second-order valence-corrected chi connectivity index (χ2v) is 6.13. The summed E-state index contributed by atoms with van der Waals surface area (Å²) in [7, 11) is 0. The standard InChI is InChI=1S/C18H25NO5/c1-12-6-3-4-8-15(12)16(10-17(20)21)19-18(22)13(2)24-11-14-7-5-9-23-14/h3-4,6,8,13-14,16H,5,7,9-11H2,1-2H3,(H,19,22)(H,20,21). The SMILES string of the molecule is Cc1ccccc1C(CC(=O)O)NC(=O)C(C)OCC1CCCO1. The number of ether oxygens (including phenoxy) is 2. The fourth-order valence-electron chi connectivity index (χ4n) is 2.78. The topological polar surface area (TPSA) is 84.9 Å². The molecule has 2 rings (SSSR count). The Labute approximate surface area is 142 Å². The molecule has 1 aliphatic rings. The van der Waals surface area contributed by atoms with Crippen molar-refractivity contribution < 1.29 is 24.2 Å². The molecule has 0 saturated carbocycles. The zero-order valence-corrected chi connectivity index (χ0v) is 14.2. The van der Waals surface area contributed by atoms with Gasteiger partial charge in [0.25, 0.3) is 0 Å². The first kappa shape index (κ1) is 18.4. The van der Waals surface area contributed by atoms with Crippen molar-refractivity contribution in [3.8, 4) is 0 Å². The van der Waals surface area contributed by atoms with Gasteiger partial charge in [0.1, 0.15) is 6.10 Å². The Morgan fingerprint density at radius 2 is 2.17 bits per heavy atom. The first-order valence-corrected chi connectivity index (χ1v) is 8.28. The van der Waals surface area contributed by atoms with E-state index in [4.69, 9.17) is 14.6 Å². The van der Waals surface area contributed by atoms with E-state index in [-0.39, 0.29) is 18.4 Å². The van der Waals surface area contributed by atoms with Gasteiger partial charge in [-0.15, -0.1) is 0 Å². The first-order valence-electron chi connectivity index (χ1n) is 8.28. The van der Waals surface area contributed by atoms with Gasteiger partial charge in [-0.2, -0.15) is 0 Å². The summed E-state index contributed by atoms with van der Waals surface area (Å²) in [4.78, 5) is 23.5. The second kappa shape index (κ2) is 8.80. The number of carbonyl (C=O) groups is 2. The molecule has 3 unspecified atom stereocenters. The second-order valence-electron chi connectivity index (χ2n) is 6.13. The summed E-state index contributed by atoms with van der Waals surface area (Å²) in [6, 6.07) is 6.87. The lowest BCUT2D eigenvalue weighted by atomic mass is 9.98. The highest BCUT2D eigenvalue weighted by molar-refractivity contribution is 5.81. The van der Waals surface area contributed by atoms with Gasteiger partial charge in [-0.1, -0.05) is 24.3 Å². The molecule has 1 aliphatic heterocycles. The average molecular weight is 335 g/mol. The largest absolute Gasteiger partial charge is 0.481 e. The zero-order valence-electron chi connectivity index (χ0n) is 14.2. The molecular formula is C18H25NO5. The Morgan fingerprint density at radius 1 is 1.42 bits per heavy atom. The highest BCUT2D eigenvalue weighted by Crippen LogP contribution is 2.21. The predicted octanol–water partition coefficient (Wildman–Crippen LogP) is 2.21. The van der Waals surface area contributed by atoms with Crippen molar-refractivity contribution >= 4 is 11.9 Å². The summed E-state index contributed by atoms with van der Waals surface area (Å²) >= 11 is 0. The van der Waals surface area contributed by atoms with E-state index in [1.165, 1.54) is 0 Å². The summed E-state index contributed by atoms with van der Waals surface area (Å²) in [5.74, 6) is -1.28. The molecule has 0 spiro atoms. The van der Waals surface area contributed by atoms with Crippen LogP contribution >= 0.6 is 0 Å². The summed E-state index contributed by atoms with van der Waals surface area (Å²) in [5.41, 5.74) is 1.75. The van der Waals surface area contributed by atoms with Crippen LogP contribution in [0.2, 0.25) is 0 Å². The Morgan fingerprint density at radius 3 is 2.79 bits per heavy atom. The molecule has 24 heavy (non-hydrogen) atoms. The van der Waals surface area contributed by atoms with Crippen molar-refractivity contribution in [2.24, 2.45) is 0 Å². The third kappa shape index (κ3) is 5.32. The van der Waals surface area contributed by atoms with Crippen LogP contribution in [0, 0.1) is 6.92 Å². The van der Waals surface area contributed by atoms with Crippen molar-refractivity contribution in [3.63, 3.8) is 0 Å². The van der Waals surface area contributed by atoms with E-state index in [1.807, 2.05) is 31.2 Å². The zero-order chi connectivity index (χ0) is 17.5. The molecule has 2 N–H and O–H groups in total. The van der Waals surface area contributed by atoms with Gasteiger partial charge in [0, 0.05) is 6.61 Å². The monoisotopic (exact) mass is 335 g/mol. The van der Waals surface area contributed by atoms with Gasteiger partial charge in [0.15, 0.2) is 0 Å². The lowest BCUT2D eigenvalue weighted by molar-refractivity contribution is -0.138. The Hall–Kier alpha value is -1.92. The number of rotatable bonds is 8. The van der Waals surface area contributed by atoms with Crippen molar-refractivity contribution in [1.29, 1.82) is 0 Å². The lowest BCUT2D eigenvalue weighted by Gasteiger charge is -2.22. The van der Waals surface area contributed by atoms with E-state index in [2.05, 4.69) is 5.32 Å². The number of nitrogens with one attached hydrogen (secondary N) is 1. The number of carbonyl (C=O) groups excluding carboxylic acids is 1. The van der Waals surface area contributed by atoms with E-state index in [0.717, 1.165) is 30.6 Å². The fraction of sp³-hybridized carbons (Fsp3) is 0.556. The third-order valence-electron chi connectivity index (χ3n) is 4.18. The maximum absolute atomic E-state index is 12.4. The highest BCUT2D eigenvalue weighted by atomic mass is 16.5. The maximum atomic E-state index is 12.4. The smallest absolute Gasteiger partial charge is 0.305 e. The maximum Gasteiger partial charge on any atom is 0.305 e. The molecule has 1 aromatic carbocycles. The molecule has 0 radical (unpaired) electrons. The van der Waals surface area contributed by atoms with E-state index in [1.54, 1.807) is 6.92 Å². The van der Waals surface area contributed by atoms with Gasteiger partial charge in [-0.25, -0.2) is 0 Å². The Kier molecular flexibility index (Phi) is 6.75. The van der Waals surface area contributed by atoms with Crippen LogP contribution in [0.3, 0.4) is 0 Å². The lowest BCUT2D eigenvalue weighted by Crippen LogP contribution is -2.39. The molecule has 0 aliphatic carbocycles. The van der Waals surface area contributed by atoms with Crippen molar-refractivity contribution in [3.05, 3.63) is 35.4 Å². The molecule has 1 fully saturated rings. The summed E-state index contributed by atoms with van der Waals surface area (Å²) < 4.78 is 11.0. The number of carboxylic acid groups (broad SMARTS) is 1. The van der Waals surface area contributed by atoms with E-state index < -0.39 is 18.1 Å². The van der Waals surface area contributed by atoms with Crippen LogP contribution in [0.25, 0.3) is 0 Å². The minimum absolute atomic E-state index is 0.0476. The number of aliphatic carboxylic acids is 1. The molecular weight excluding hydrogens is 310 g/mol. The molecule has 1 amide bonds. The van der Waals surface area contributed by atoms with Gasteiger partial charge in [-0.3, -0.25) is 9.59 Å². The van der Waals surface area contributed by atoms with E-state index >= 15 is 0 Å². The fourth-order valence-corrected chi connectivity index (χ4v) is 2.78. The van der Waals surface area contributed by atoms with Gasteiger partial charge < -0.3 is 19.9 Å². The minimum Gasteiger partial charge on any atom is -0.481 e. The number of amides is 1. The molecule has 6 heteroatoms. The van der Waals surface area contributed by atoms with Crippen molar-refractivity contribution in [2.75, 3.05) is 13.2 Å². The summed E-state index contributed by atoms with van der Waals surface area (Å²) in [6.45, 7) is 4.68. The number of carboxylic acids is 1. The molecule has 1 heterocycles. The molecule has 132 valence electrons. The van der Waals surface area contributed by atoms with E-state index in [9.17, 15) is 9.59 Å². The summed E-state index contributed by atoms with van der Waals surface area (Å²) in [6.07, 6.45) is 1.18. The quantitative estimate of drug-likeness (QED) is 0.761. The van der Waals surface area contributed by atoms with Crippen LogP contribution in [0.15, 0.2) is 24.3 Å². The third-order valence-corrected chi connectivity index (χ3v) is 4.18. The predicted molar refractivity (Wildman–Crippen MR) is 88.7 cm³/mol. The van der Waals surface area contributed by atoms with Crippen LogP contribution in [0.4, 0.5) is 0 Å². The Bertz CT molecular complexity index is 568. The van der Waals surface area contributed by atoms with E-state index in [0.29, 0.717) is 6.61 Å². The average Bonchev–Trinajstić information content (AvgIpc) is 3.05. The number of hydrogen-bond acceptors (Lipinski definition) is 4. The van der Waals surface area contributed by atoms with Gasteiger partial charge in [0.05, 0.1) is 25.2 Å². The normalized spacial score (nSPS) is 19.7.